The third kappa shape index (κ3) is 3.22. The predicted octanol–water partition coefficient (Wildman–Crippen LogP) is 3.64. The molecule has 0 aliphatic carbocycles. The average molecular weight is 366 g/mol. The Bertz CT molecular complexity index is 692. The van der Waals surface area contributed by atoms with E-state index in [4.69, 9.17) is 9.84 Å². The fraction of sp³-hybridized carbons (Fsp3) is 0.200. The van der Waals surface area contributed by atoms with Crippen molar-refractivity contribution in [1.82, 2.24) is 4.98 Å². The molecular formula is C15H12BrNO3S. The number of carboxylic acids is 1. The van der Waals surface area contributed by atoms with E-state index in [2.05, 4.69) is 27.0 Å². The van der Waals surface area contributed by atoms with Crippen molar-refractivity contribution in [2.75, 3.05) is 5.75 Å². The molecule has 0 saturated heterocycles. The Hall–Kier alpha value is -1.53. The van der Waals surface area contributed by atoms with Crippen LogP contribution in [0.25, 0.3) is 0 Å². The summed E-state index contributed by atoms with van der Waals surface area (Å²) >= 11 is 4.87. The highest BCUT2D eigenvalue weighted by atomic mass is 79.9. The van der Waals surface area contributed by atoms with Gasteiger partial charge < -0.3 is 9.84 Å². The first-order chi connectivity index (χ1) is 10.1. The van der Waals surface area contributed by atoms with Gasteiger partial charge in [0.1, 0.15) is 16.9 Å². The summed E-state index contributed by atoms with van der Waals surface area (Å²) in [6, 6.07) is 9.17. The van der Waals surface area contributed by atoms with E-state index in [1.165, 1.54) is 17.3 Å². The standard InChI is InChI=1S/C15H12BrNO3S/c16-10-3-4-13-9(6-10)7-11(20-13)8-21-14-12(15(18)19)2-1-5-17-14/h1-6,11H,7-8H2,(H,18,19). The SMILES string of the molecule is O=C(O)c1cccnc1SCC1Cc2cc(Br)ccc2O1. The van der Waals surface area contributed by atoms with Gasteiger partial charge in [-0.15, -0.1) is 11.8 Å². The van der Waals surface area contributed by atoms with Crippen molar-refractivity contribution in [3.63, 3.8) is 0 Å². The zero-order chi connectivity index (χ0) is 14.8. The zero-order valence-corrected chi connectivity index (χ0v) is 13.4. The van der Waals surface area contributed by atoms with Gasteiger partial charge in [-0.25, -0.2) is 9.78 Å². The second-order valence-corrected chi connectivity index (χ2v) is 6.59. The van der Waals surface area contributed by atoms with Gasteiger partial charge in [0.25, 0.3) is 0 Å². The van der Waals surface area contributed by atoms with E-state index in [0.29, 0.717) is 10.8 Å². The largest absolute Gasteiger partial charge is 0.489 e. The van der Waals surface area contributed by atoms with E-state index in [0.717, 1.165) is 16.6 Å². The van der Waals surface area contributed by atoms with Gasteiger partial charge in [0.15, 0.2) is 0 Å². The molecule has 1 unspecified atom stereocenters. The van der Waals surface area contributed by atoms with E-state index in [-0.39, 0.29) is 11.7 Å². The first-order valence-electron chi connectivity index (χ1n) is 6.39. The monoisotopic (exact) mass is 365 g/mol. The smallest absolute Gasteiger partial charge is 0.338 e. The van der Waals surface area contributed by atoms with Crippen molar-refractivity contribution in [3.05, 3.63) is 52.1 Å². The van der Waals surface area contributed by atoms with Crippen LogP contribution in [0.2, 0.25) is 0 Å². The number of aromatic carboxylic acids is 1. The van der Waals surface area contributed by atoms with Gasteiger partial charge in [-0.05, 0) is 35.9 Å². The van der Waals surface area contributed by atoms with Gasteiger partial charge in [-0.3, -0.25) is 0 Å². The van der Waals surface area contributed by atoms with E-state index >= 15 is 0 Å². The number of ether oxygens (including phenoxy) is 1. The van der Waals surface area contributed by atoms with Crippen LogP contribution in [0.15, 0.2) is 46.0 Å². The van der Waals surface area contributed by atoms with Crippen LogP contribution >= 0.6 is 27.7 Å². The summed E-state index contributed by atoms with van der Waals surface area (Å²) in [5, 5.41) is 9.67. The second-order valence-electron chi connectivity index (χ2n) is 4.67. The highest BCUT2D eigenvalue weighted by Gasteiger charge is 2.24. The number of pyridine rings is 1. The molecule has 1 aromatic heterocycles. The number of benzene rings is 1. The number of hydrogen-bond acceptors (Lipinski definition) is 4. The lowest BCUT2D eigenvalue weighted by Gasteiger charge is -2.10. The third-order valence-corrected chi connectivity index (χ3v) is 4.80. The molecule has 4 nitrogen and oxygen atoms in total. The molecule has 21 heavy (non-hydrogen) atoms. The number of hydrogen-bond donors (Lipinski definition) is 1. The molecule has 108 valence electrons. The molecule has 1 atom stereocenters. The normalized spacial score (nSPS) is 16.3. The Morgan fingerprint density at radius 1 is 1.48 bits per heavy atom. The highest BCUT2D eigenvalue weighted by molar-refractivity contribution is 9.10. The summed E-state index contributed by atoms with van der Waals surface area (Å²) in [6.45, 7) is 0. The van der Waals surface area contributed by atoms with E-state index in [1.54, 1.807) is 18.3 Å². The molecule has 0 radical (unpaired) electrons. The predicted molar refractivity (Wildman–Crippen MR) is 84.2 cm³/mol. The molecular weight excluding hydrogens is 354 g/mol. The lowest BCUT2D eigenvalue weighted by molar-refractivity contribution is 0.0692. The molecule has 0 amide bonds. The molecule has 1 aliphatic heterocycles. The summed E-state index contributed by atoms with van der Waals surface area (Å²) in [6.07, 6.45) is 2.48. The summed E-state index contributed by atoms with van der Waals surface area (Å²) in [4.78, 5) is 15.3. The first-order valence-corrected chi connectivity index (χ1v) is 8.17. The molecule has 3 rings (SSSR count). The maximum Gasteiger partial charge on any atom is 0.338 e. The quantitative estimate of drug-likeness (QED) is 0.838. The maximum atomic E-state index is 11.1. The molecule has 2 heterocycles. The molecule has 0 fully saturated rings. The number of carbonyl (C=O) groups is 1. The summed E-state index contributed by atoms with van der Waals surface area (Å²) in [7, 11) is 0. The molecule has 0 saturated carbocycles. The number of carboxylic acid groups (broad SMARTS) is 1. The van der Waals surface area contributed by atoms with Crippen molar-refractivity contribution in [1.29, 1.82) is 0 Å². The maximum absolute atomic E-state index is 11.1. The molecule has 1 aliphatic rings. The molecule has 2 aromatic rings. The highest BCUT2D eigenvalue weighted by Crippen LogP contribution is 2.33. The Labute approximate surface area is 134 Å². The van der Waals surface area contributed by atoms with E-state index in [9.17, 15) is 4.79 Å². The zero-order valence-electron chi connectivity index (χ0n) is 11.0. The summed E-state index contributed by atoms with van der Waals surface area (Å²) in [5.74, 6) is 0.622. The van der Waals surface area contributed by atoms with Crippen molar-refractivity contribution in [3.8, 4) is 5.75 Å². The molecule has 0 bridgehead atoms. The van der Waals surface area contributed by atoms with Gasteiger partial charge in [-0.2, -0.15) is 0 Å². The van der Waals surface area contributed by atoms with Crippen molar-refractivity contribution < 1.29 is 14.6 Å². The van der Waals surface area contributed by atoms with Crippen molar-refractivity contribution in [2.24, 2.45) is 0 Å². The van der Waals surface area contributed by atoms with Crippen LogP contribution in [0, 0.1) is 0 Å². The lowest BCUT2D eigenvalue weighted by atomic mass is 10.1. The minimum atomic E-state index is -0.954. The average Bonchev–Trinajstić information content (AvgIpc) is 2.87. The number of halogens is 1. The second kappa shape index (κ2) is 6.07. The Morgan fingerprint density at radius 3 is 3.14 bits per heavy atom. The van der Waals surface area contributed by atoms with Crippen LogP contribution < -0.4 is 4.74 Å². The Morgan fingerprint density at radius 2 is 2.33 bits per heavy atom. The molecule has 1 N–H and O–H groups in total. The molecule has 6 heteroatoms. The Kier molecular flexibility index (Phi) is 4.17. The topological polar surface area (TPSA) is 59.4 Å². The molecule has 0 spiro atoms. The van der Waals surface area contributed by atoms with E-state index in [1.807, 2.05) is 12.1 Å². The third-order valence-electron chi connectivity index (χ3n) is 3.17. The van der Waals surface area contributed by atoms with Crippen LogP contribution in [0.1, 0.15) is 15.9 Å². The van der Waals surface area contributed by atoms with E-state index < -0.39 is 5.97 Å². The van der Waals surface area contributed by atoms with Gasteiger partial charge in [-0.1, -0.05) is 15.9 Å². The fourth-order valence-electron chi connectivity index (χ4n) is 2.22. The lowest BCUT2D eigenvalue weighted by Crippen LogP contribution is -2.16. The van der Waals surface area contributed by atoms with Crippen LogP contribution in [0.5, 0.6) is 5.75 Å². The summed E-state index contributed by atoms with van der Waals surface area (Å²) < 4.78 is 6.91. The minimum absolute atomic E-state index is 0.0444. The van der Waals surface area contributed by atoms with Crippen molar-refractivity contribution >= 4 is 33.7 Å². The number of rotatable bonds is 4. The Balaban J connectivity index is 1.67. The van der Waals surface area contributed by atoms with Gasteiger partial charge >= 0.3 is 5.97 Å². The van der Waals surface area contributed by atoms with Crippen LogP contribution in [0.3, 0.4) is 0 Å². The number of aromatic nitrogens is 1. The van der Waals surface area contributed by atoms with Gasteiger partial charge in [0.05, 0.1) is 5.56 Å². The van der Waals surface area contributed by atoms with Crippen molar-refractivity contribution in [2.45, 2.75) is 17.6 Å². The molecule has 1 aromatic carbocycles. The number of fused-ring (bicyclic) bond motifs is 1. The fourth-order valence-corrected chi connectivity index (χ4v) is 3.61. The first kappa shape index (κ1) is 14.4. The van der Waals surface area contributed by atoms with Gasteiger partial charge in [0.2, 0.25) is 0 Å². The summed E-state index contributed by atoms with van der Waals surface area (Å²) in [5.41, 5.74) is 1.41. The number of thioether (sulfide) groups is 1. The minimum Gasteiger partial charge on any atom is -0.489 e. The van der Waals surface area contributed by atoms with Crippen LogP contribution in [-0.2, 0) is 6.42 Å². The number of nitrogens with zero attached hydrogens (tertiary/aromatic N) is 1. The van der Waals surface area contributed by atoms with Crippen LogP contribution in [0.4, 0.5) is 0 Å². The van der Waals surface area contributed by atoms with Gasteiger partial charge in [0, 0.05) is 22.8 Å². The van der Waals surface area contributed by atoms with Crippen LogP contribution in [-0.4, -0.2) is 27.9 Å².